The van der Waals surface area contributed by atoms with Crippen LogP contribution in [0.25, 0.3) is 0 Å². The maximum absolute atomic E-state index is 13.5. The first kappa shape index (κ1) is 34.8. The number of hydrogen-bond donors (Lipinski definition) is 4. The molecule has 1 aromatic rings. The quantitative estimate of drug-likeness (QED) is 0.195. The van der Waals surface area contributed by atoms with Gasteiger partial charge in [0.05, 0.1) is 29.6 Å². The van der Waals surface area contributed by atoms with E-state index in [1.54, 1.807) is 7.05 Å². The van der Waals surface area contributed by atoms with Gasteiger partial charge in [0.1, 0.15) is 6.04 Å². The molecule has 0 aliphatic heterocycles. The fourth-order valence-electron chi connectivity index (χ4n) is 5.47. The molecule has 9 heteroatoms. The summed E-state index contributed by atoms with van der Waals surface area (Å²) < 4.78 is 25.6. The number of aliphatic hydroxyl groups is 1. The number of rotatable bonds is 18. The minimum atomic E-state index is -3.53. The van der Waals surface area contributed by atoms with E-state index in [-0.39, 0.29) is 30.9 Å². The second-order valence-corrected chi connectivity index (χ2v) is 14.2. The molecule has 8 nitrogen and oxygen atoms in total. The Kier molecular flexibility index (Phi) is 15.4. The summed E-state index contributed by atoms with van der Waals surface area (Å²) >= 11 is 0. The van der Waals surface area contributed by atoms with Crippen molar-refractivity contribution in [2.24, 2.45) is 17.8 Å². The van der Waals surface area contributed by atoms with E-state index in [4.69, 9.17) is 6.42 Å². The Labute approximate surface area is 247 Å². The van der Waals surface area contributed by atoms with Crippen LogP contribution in [-0.4, -0.2) is 68.6 Å². The summed E-state index contributed by atoms with van der Waals surface area (Å²) in [5, 5.41) is 19.7. The van der Waals surface area contributed by atoms with Gasteiger partial charge in [0, 0.05) is 13.0 Å². The SMILES string of the molecule is C#CC[C@H](NC(=O)[C@H](Cc1ccccc1)CS(=O)(=O)CCNC)C(=O)NC(CC1CCCCC1)[C@@H](O)CCC(C)C. The molecule has 1 fully saturated rings. The number of hydrogen-bond acceptors (Lipinski definition) is 6. The normalized spacial score (nSPS) is 17.3. The van der Waals surface area contributed by atoms with Crippen LogP contribution in [0.3, 0.4) is 0 Å². The number of nitrogens with one attached hydrogen (secondary N) is 3. The van der Waals surface area contributed by atoms with Gasteiger partial charge in [-0.25, -0.2) is 8.42 Å². The Morgan fingerprint density at radius 3 is 2.34 bits per heavy atom. The molecule has 1 aliphatic carbocycles. The summed E-state index contributed by atoms with van der Waals surface area (Å²) in [6, 6.07) is 7.76. The summed E-state index contributed by atoms with van der Waals surface area (Å²) in [4.78, 5) is 27.0. The number of aliphatic hydroxyl groups excluding tert-OH is 1. The van der Waals surface area contributed by atoms with Gasteiger partial charge in [-0.05, 0) is 50.1 Å². The van der Waals surface area contributed by atoms with Crippen LogP contribution in [0.1, 0.15) is 77.2 Å². The highest BCUT2D eigenvalue weighted by Gasteiger charge is 2.32. The molecule has 0 bridgehead atoms. The van der Waals surface area contributed by atoms with Crippen molar-refractivity contribution >= 4 is 21.7 Å². The van der Waals surface area contributed by atoms with E-state index in [1.165, 1.54) is 6.42 Å². The van der Waals surface area contributed by atoms with Gasteiger partial charge in [0.2, 0.25) is 11.8 Å². The zero-order chi connectivity index (χ0) is 30.3. The van der Waals surface area contributed by atoms with Crippen molar-refractivity contribution < 1.29 is 23.1 Å². The lowest BCUT2D eigenvalue weighted by Gasteiger charge is -2.32. The number of carbonyl (C=O) groups excluding carboxylic acids is 2. The molecular weight excluding hydrogens is 538 g/mol. The van der Waals surface area contributed by atoms with Crippen molar-refractivity contribution in [1.29, 1.82) is 0 Å². The van der Waals surface area contributed by atoms with E-state index in [0.717, 1.165) is 37.7 Å². The molecule has 0 saturated heterocycles. The van der Waals surface area contributed by atoms with Crippen LogP contribution in [0.2, 0.25) is 0 Å². The number of sulfone groups is 1. The molecule has 2 amide bonds. The van der Waals surface area contributed by atoms with Gasteiger partial charge in [-0.2, -0.15) is 0 Å². The molecule has 0 spiro atoms. The highest BCUT2D eigenvalue weighted by molar-refractivity contribution is 7.91. The first-order chi connectivity index (χ1) is 19.5. The van der Waals surface area contributed by atoms with Crippen molar-refractivity contribution in [3.05, 3.63) is 35.9 Å². The van der Waals surface area contributed by atoms with Gasteiger partial charge in [0.25, 0.3) is 0 Å². The van der Waals surface area contributed by atoms with Crippen LogP contribution in [0, 0.1) is 30.1 Å². The third kappa shape index (κ3) is 13.4. The number of amides is 2. The molecule has 0 radical (unpaired) electrons. The number of benzene rings is 1. The van der Waals surface area contributed by atoms with Crippen molar-refractivity contribution in [2.45, 2.75) is 96.2 Å². The van der Waals surface area contributed by atoms with E-state index in [1.807, 2.05) is 30.3 Å². The molecule has 4 N–H and O–H groups in total. The molecule has 41 heavy (non-hydrogen) atoms. The van der Waals surface area contributed by atoms with E-state index in [0.29, 0.717) is 24.7 Å². The molecule has 4 atom stereocenters. The van der Waals surface area contributed by atoms with E-state index in [9.17, 15) is 23.1 Å². The molecule has 0 aromatic heterocycles. The zero-order valence-electron chi connectivity index (χ0n) is 25.1. The second-order valence-electron chi connectivity index (χ2n) is 12.0. The summed E-state index contributed by atoms with van der Waals surface area (Å²) in [6.45, 7) is 4.49. The predicted molar refractivity (Wildman–Crippen MR) is 165 cm³/mol. The average molecular weight is 590 g/mol. The summed E-state index contributed by atoms with van der Waals surface area (Å²) in [6.07, 6.45) is 12.8. The largest absolute Gasteiger partial charge is 0.391 e. The Morgan fingerprint density at radius 2 is 1.73 bits per heavy atom. The molecule has 230 valence electrons. The third-order valence-corrected chi connectivity index (χ3v) is 9.65. The maximum Gasteiger partial charge on any atom is 0.243 e. The molecule has 2 rings (SSSR count). The Morgan fingerprint density at radius 1 is 1.05 bits per heavy atom. The fourth-order valence-corrected chi connectivity index (χ4v) is 7.04. The molecule has 1 aromatic carbocycles. The lowest BCUT2D eigenvalue weighted by atomic mass is 9.83. The number of carbonyl (C=O) groups is 2. The van der Waals surface area contributed by atoms with Crippen LogP contribution in [0.15, 0.2) is 30.3 Å². The lowest BCUT2D eigenvalue weighted by molar-refractivity contribution is -0.131. The molecule has 1 saturated carbocycles. The summed E-state index contributed by atoms with van der Waals surface area (Å²) in [5.41, 5.74) is 0.829. The summed E-state index contributed by atoms with van der Waals surface area (Å²) in [7, 11) is -1.86. The van der Waals surface area contributed by atoms with Gasteiger partial charge in [-0.3, -0.25) is 9.59 Å². The smallest absolute Gasteiger partial charge is 0.243 e. The molecule has 0 heterocycles. The topological polar surface area (TPSA) is 125 Å². The van der Waals surface area contributed by atoms with Crippen LogP contribution >= 0.6 is 0 Å². The van der Waals surface area contributed by atoms with E-state index >= 15 is 0 Å². The minimum absolute atomic E-state index is 0.0413. The second kappa shape index (κ2) is 18.2. The highest BCUT2D eigenvalue weighted by atomic mass is 32.2. The van der Waals surface area contributed by atoms with E-state index < -0.39 is 45.8 Å². The van der Waals surface area contributed by atoms with Crippen molar-refractivity contribution in [1.82, 2.24) is 16.0 Å². The van der Waals surface area contributed by atoms with Crippen LogP contribution < -0.4 is 16.0 Å². The van der Waals surface area contributed by atoms with Crippen molar-refractivity contribution in [3.63, 3.8) is 0 Å². The lowest BCUT2D eigenvalue weighted by Crippen LogP contribution is -2.54. The van der Waals surface area contributed by atoms with Gasteiger partial charge < -0.3 is 21.1 Å². The highest BCUT2D eigenvalue weighted by Crippen LogP contribution is 2.29. The third-order valence-electron chi connectivity index (χ3n) is 7.91. The van der Waals surface area contributed by atoms with Crippen molar-refractivity contribution in [3.8, 4) is 12.3 Å². The first-order valence-electron chi connectivity index (χ1n) is 15.2. The van der Waals surface area contributed by atoms with Gasteiger partial charge in [0.15, 0.2) is 9.84 Å². The fraction of sp³-hybridized carbons (Fsp3) is 0.688. The zero-order valence-corrected chi connectivity index (χ0v) is 25.9. The monoisotopic (exact) mass is 589 g/mol. The van der Waals surface area contributed by atoms with Crippen LogP contribution in [-0.2, 0) is 25.8 Å². The van der Waals surface area contributed by atoms with Gasteiger partial charge >= 0.3 is 0 Å². The van der Waals surface area contributed by atoms with Crippen LogP contribution in [0.5, 0.6) is 0 Å². The number of terminal acetylenes is 1. The first-order valence-corrected chi connectivity index (χ1v) is 17.0. The van der Waals surface area contributed by atoms with E-state index in [2.05, 4.69) is 35.7 Å². The standard InChI is InChI=1S/C32H51N3O5S/c1-5-12-28(32(38)35-29(30(36)18-17-24(2)3)22-26-15-10-7-11-16-26)34-31(37)27(21-25-13-8-6-9-14-25)23-41(39,40)20-19-33-4/h1,6,8-9,13-14,24,26-30,33,36H,7,10-12,15-23H2,2-4H3,(H,34,37)(H,35,38)/t27-,28+,29?,30+/m1/s1. The maximum atomic E-state index is 13.5. The Bertz CT molecular complexity index is 1060. The molecule has 1 unspecified atom stereocenters. The Balaban J connectivity index is 2.19. The van der Waals surface area contributed by atoms with Crippen LogP contribution in [0.4, 0.5) is 0 Å². The van der Waals surface area contributed by atoms with Gasteiger partial charge in [-0.1, -0.05) is 76.3 Å². The molecule has 1 aliphatic rings. The average Bonchev–Trinajstić information content (AvgIpc) is 2.94. The predicted octanol–water partition coefficient (Wildman–Crippen LogP) is 3.24. The Hall–Kier alpha value is -2.41. The summed E-state index contributed by atoms with van der Waals surface area (Å²) in [5.74, 6) is 1.05. The molecular formula is C32H51N3O5S. The van der Waals surface area contributed by atoms with Gasteiger partial charge in [-0.15, -0.1) is 12.3 Å². The van der Waals surface area contributed by atoms with Crippen molar-refractivity contribution in [2.75, 3.05) is 25.1 Å². The minimum Gasteiger partial charge on any atom is -0.391 e.